The topological polar surface area (TPSA) is 15.8 Å². The molecule has 0 fully saturated rings. The SMILES string of the molecule is CCc1[nH]c(C(C)(C)C)cc1C(C)(C)C. The molecule has 86 valence electrons. The Hall–Kier alpha value is -0.720. The minimum atomic E-state index is 0.216. The zero-order chi connectivity index (χ0) is 11.9. The number of nitrogens with one attached hydrogen (secondary N) is 1. The van der Waals surface area contributed by atoms with Crippen molar-refractivity contribution in [2.45, 2.75) is 65.7 Å². The number of aromatic amines is 1. The summed E-state index contributed by atoms with van der Waals surface area (Å²) >= 11 is 0. The molecule has 0 aliphatic carbocycles. The average Bonchev–Trinajstić information content (AvgIpc) is 2.44. The van der Waals surface area contributed by atoms with Gasteiger partial charge in [0.25, 0.3) is 0 Å². The van der Waals surface area contributed by atoms with E-state index < -0.39 is 0 Å². The lowest BCUT2D eigenvalue weighted by Crippen LogP contribution is -2.12. The molecule has 0 aliphatic rings. The molecule has 0 saturated carbocycles. The normalized spacial score (nSPS) is 13.3. The highest BCUT2D eigenvalue weighted by Crippen LogP contribution is 2.31. The van der Waals surface area contributed by atoms with E-state index in [0.717, 1.165) is 6.42 Å². The van der Waals surface area contributed by atoms with Crippen molar-refractivity contribution in [1.82, 2.24) is 4.98 Å². The summed E-state index contributed by atoms with van der Waals surface area (Å²) in [6.45, 7) is 15.8. The number of rotatable bonds is 1. The molecule has 1 nitrogen and oxygen atoms in total. The van der Waals surface area contributed by atoms with Crippen LogP contribution >= 0.6 is 0 Å². The molecule has 1 rings (SSSR count). The van der Waals surface area contributed by atoms with Gasteiger partial charge in [-0.05, 0) is 23.5 Å². The fourth-order valence-corrected chi connectivity index (χ4v) is 1.85. The largest absolute Gasteiger partial charge is 0.362 e. The average molecular weight is 207 g/mol. The van der Waals surface area contributed by atoms with Crippen molar-refractivity contribution >= 4 is 0 Å². The third-order valence-corrected chi connectivity index (χ3v) is 2.87. The predicted molar refractivity (Wildman–Crippen MR) is 67.6 cm³/mol. The van der Waals surface area contributed by atoms with E-state index in [4.69, 9.17) is 0 Å². The third kappa shape index (κ3) is 2.64. The molecule has 1 heteroatoms. The van der Waals surface area contributed by atoms with E-state index in [0.29, 0.717) is 0 Å². The van der Waals surface area contributed by atoms with Crippen LogP contribution in [0.4, 0.5) is 0 Å². The molecule has 1 aromatic heterocycles. The van der Waals surface area contributed by atoms with Crippen LogP contribution < -0.4 is 0 Å². The predicted octanol–water partition coefficient (Wildman–Crippen LogP) is 4.17. The van der Waals surface area contributed by atoms with Gasteiger partial charge in [-0.15, -0.1) is 0 Å². The van der Waals surface area contributed by atoms with Crippen molar-refractivity contribution in [2.24, 2.45) is 0 Å². The lowest BCUT2D eigenvalue weighted by Gasteiger charge is -2.19. The first-order valence-electron chi connectivity index (χ1n) is 5.89. The highest BCUT2D eigenvalue weighted by molar-refractivity contribution is 5.34. The first-order valence-corrected chi connectivity index (χ1v) is 5.89. The Morgan fingerprint density at radius 3 is 1.80 bits per heavy atom. The summed E-state index contributed by atoms with van der Waals surface area (Å²) in [6, 6.07) is 2.35. The van der Waals surface area contributed by atoms with Gasteiger partial charge in [-0.3, -0.25) is 0 Å². The van der Waals surface area contributed by atoms with Crippen LogP contribution in [-0.4, -0.2) is 4.98 Å². The van der Waals surface area contributed by atoms with E-state index in [-0.39, 0.29) is 10.8 Å². The van der Waals surface area contributed by atoms with Gasteiger partial charge in [-0.1, -0.05) is 48.5 Å². The maximum atomic E-state index is 3.58. The number of hydrogen-bond acceptors (Lipinski definition) is 0. The van der Waals surface area contributed by atoms with Gasteiger partial charge in [0, 0.05) is 16.8 Å². The Morgan fingerprint density at radius 1 is 1.00 bits per heavy atom. The zero-order valence-corrected chi connectivity index (χ0v) is 11.3. The van der Waals surface area contributed by atoms with E-state index in [2.05, 4.69) is 59.5 Å². The van der Waals surface area contributed by atoms with E-state index in [9.17, 15) is 0 Å². The summed E-state index contributed by atoms with van der Waals surface area (Å²) in [6.07, 6.45) is 1.09. The van der Waals surface area contributed by atoms with Gasteiger partial charge < -0.3 is 4.98 Å². The first-order chi connectivity index (χ1) is 6.66. The quantitative estimate of drug-likeness (QED) is 0.711. The second kappa shape index (κ2) is 3.70. The molecule has 0 aliphatic heterocycles. The van der Waals surface area contributed by atoms with Gasteiger partial charge in [-0.2, -0.15) is 0 Å². The lowest BCUT2D eigenvalue weighted by atomic mass is 9.85. The van der Waals surface area contributed by atoms with E-state index in [1.165, 1.54) is 17.0 Å². The van der Waals surface area contributed by atoms with Crippen LogP contribution in [0.5, 0.6) is 0 Å². The van der Waals surface area contributed by atoms with Gasteiger partial charge in [0.15, 0.2) is 0 Å². The zero-order valence-electron chi connectivity index (χ0n) is 11.3. The molecule has 1 aromatic rings. The standard InChI is InChI=1S/C14H25N/c1-8-11-10(13(2,3)4)9-12(15-11)14(5,6)7/h9,15H,8H2,1-7H3. The number of H-pyrrole nitrogens is 1. The molecular formula is C14H25N. The van der Waals surface area contributed by atoms with Gasteiger partial charge in [-0.25, -0.2) is 0 Å². The summed E-state index contributed by atoms with van der Waals surface area (Å²) in [4.78, 5) is 3.58. The molecule has 0 unspecified atom stereocenters. The van der Waals surface area contributed by atoms with Crippen LogP contribution in [0, 0.1) is 0 Å². The maximum absolute atomic E-state index is 3.58. The summed E-state index contributed by atoms with van der Waals surface area (Å²) in [5.41, 5.74) is 4.67. The van der Waals surface area contributed by atoms with Crippen molar-refractivity contribution in [3.8, 4) is 0 Å². The second-order valence-electron chi connectivity index (χ2n) is 6.43. The smallest absolute Gasteiger partial charge is 0.0206 e. The Morgan fingerprint density at radius 2 is 1.53 bits per heavy atom. The van der Waals surface area contributed by atoms with Crippen LogP contribution in [0.25, 0.3) is 0 Å². The molecule has 0 saturated heterocycles. The van der Waals surface area contributed by atoms with Crippen LogP contribution in [0.2, 0.25) is 0 Å². The molecule has 0 amide bonds. The van der Waals surface area contributed by atoms with Gasteiger partial charge in [0.1, 0.15) is 0 Å². The summed E-state index contributed by atoms with van der Waals surface area (Å²) < 4.78 is 0. The molecule has 1 heterocycles. The van der Waals surface area contributed by atoms with Crippen LogP contribution in [0.15, 0.2) is 6.07 Å². The highest BCUT2D eigenvalue weighted by atomic mass is 14.8. The van der Waals surface area contributed by atoms with Crippen molar-refractivity contribution in [1.29, 1.82) is 0 Å². The summed E-state index contributed by atoms with van der Waals surface area (Å²) in [5.74, 6) is 0. The Balaban J connectivity index is 3.24. The molecule has 0 bridgehead atoms. The van der Waals surface area contributed by atoms with E-state index >= 15 is 0 Å². The van der Waals surface area contributed by atoms with Gasteiger partial charge in [0.2, 0.25) is 0 Å². The maximum Gasteiger partial charge on any atom is 0.0206 e. The minimum absolute atomic E-state index is 0.216. The van der Waals surface area contributed by atoms with Crippen molar-refractivity contribution in [3.63, 3.8) is 0 Å². The molecular weight excluding hydrogens is 182 g/mol. The van der Waals surface area contributed by atoms with E-state index in [1.807, 2.05) is 0 Å². The van der Waals surface area contributed by atoms with Crippen molar-refractivity contribution in [2.75, 3.05) is 0 Å². The van der Waals surface area contributed by atoms with Crippen molar-refractivity contribution in [3.05, 3.63) is 23.0 Å². The highest BCUT2D eigenvalue weighted by Gasteiger charge is 2.24. The Labute approximate surface area is 94.3 Å². The molecule has 0 atom stereocenters. The summed E-state index contributed by atoms with van der Waals surface area (Å²) in [5, 5.41) is 0. The molecule has 0 spiro atoms. The molecule has 0 radical (unpaired) electrons. The Kier molecular flexibility index (Phi) is 3.04. The minimum Gasteiger partial charge on any atom is -0.362 e. The van der Waals surface area contributed by atoms with Crippen LogP contribution in [0.1, 0.15) is 65.4 Å². The molecule has 15 heavy (non-hydrogen) atoms. The summed E-state index contributed by atoms with van der Waals surface area (Å²) in [7, 11) is 0. The fraction of sp³-hybridized carbons (Fsp3) is 0.714. The van der Waals surface area contributed by atoms with Gasteiger partial charge >= 0.3 is 0 Å². The van der Waals surface area contributed by atoms with Gasteiger partial charge in [0.05, 0.1) is 0 Å². The number of aryl methyl sites for hydroxylation is 1. The number of hydrogen-bond donors (Lipinski definition) is 1. The second-order valence-corrected chi connectivity index (χ2v) is 6.43. The van der Waals surface area contributed by atoms with Crippen molar-refractivity contribution < 1.29 is 0 Å². The fourth-order valence-electron chi connectivity index (χ4n) is 1.85. The van der Waals surface area contributed by atoms with E-state index in [1.54, 1.807) is 0 Å². The number of aromatic nitrogens is 1. The van der Waals surface area contributed by atoms with Crippen LogP contribution in [-0.2, 0) is 17.3 Å². The molecule has 0 aromatic carbocycles. The van der Waals surface area contributed by atoms with Crippen LogP contribution in [0.3, 0.4) is 0 Å². The lowest BCUT2D eigenvalue weighted by molar-refractivity contribution is 0.569. The third-order valence-electron chi connectivity index (χ3n) is 2.87. The Bertz CT molecular complexity index is 331. The molecule has 1 N–H and O–H groups in total. The monoisotopic (exact) mass is 207 g/mol. The first kappa shape index (κ1) is 12.4.